The SMILES string of the molecule is CNC(=O)c1c(-c2ccc(F)cc2)nc2sc(-c3cc(C(=O)N[C@@H](C)c4ccccc4)ccc3C)cn12. The number of carbonyl (C=O) groups excluding carboxylic acids is 2. The first-order chi connectivity index (χ1) is 17.9. The third-order valence-electron chi connectivity index (χ3n) is 6.30. The molecule has 2 aromatic heterocycles. The molecule has 5 rings (SSSR count). The van der Waals surface area contributed by atoms with Crippen molar-refractivity contribution in [2.75, 3.05) is 7.05 Å². The average molecular weight is 513 g/mol. The van der Waals surface area contributed by atoms with Crippen molar-refractivity contribution in [1.29, 1.82) is 0 Å². The van der Waals surface area contributed by atoms with E-state index in [4.69, 9.17) is 4.98 Å². The fourth-order valence-corrected chi connectivity index (χ4v) is 5.31. The zero-order valence-corrected chi connectivity index (χ0v) is 21.4. The van der Waals surface area contributed by atoms with Crippen molar-refractivity contribution in [3.8, 4) is 21.7 Å². The van der Waals surface area contributed by atoms with Gasteiger partial charge in [0.15, 0.2) is 4.96 Å². The molecule has 0 spiro atoms. The second-order valence-corrected chi connectivity index (χ2v) is 9.79. The van der Waals surface area contributed by atoms with Gasteiger partial charge in [-0.25, -0.2) is 9.37 Å². The lowest BCUT2D eigenvalue weighted by atomic mass is 10.0. The molecule has 0 aliphatic carbocycles. The lowest BCUT2D eigenvalue weighted by molar-refractivity contribution is 0.0937. The highest BCUT2D eigenvalue weighted by molar-refractivity contribution is 7.20. The predicted octanol–water partition coefficient (Wildman–Crippen LogP) is 6.03. The summed E-state index contributed by atoms with van der Waals surface area (Å²) in [5.74, 6) is -0.814. The summed E-state index contributed by atoms with van der Waals surface area (Å²) in [7, 11) is 1.56. The summed E-state index contributed by atoms with van der Waals surface area (Å²) in [5.41, 5.74) is 4.97. The van der Waals surface area contributed by atoms with Crippen LogP contribution in [0.15, 0.2) is 79.0 Å². The van der Waals surface area contributed by atoms with Crippen LogP contribution in [0, 0.1) is 12.7 Å². The smallest absolute Gasteiger partial charge is 0.270 e. The van der Waals surface area contributed by atoms with E-state index in [1.807, 2.05) is 68.6 Å². The van der Waals surface area contributed by atoms with Crippen LogP contribution in [0.4, 0.5) is 4.39 Å². The number of aryl methyl sites for hydroxylation is 1. The highest BCUT2D eigenvalue weighted by Crippen LogP contribution is 2.35. The molecule has 8 heteroatoms. The molecule has 2 heterocycles. The number of fused-ring (bicyclic) bond motifs is 1. The number of carbonyl (C=O) groups is 2. The molecule has 0 bridgehead atoms. The zero-order valence-electron chi connectivity index (χ0n) is 20.6. The molecule has 5 aromatic rings. The topological polar surface area (TPSA) is 75.5 Å². The molecule has 0 saturated heterocycles. The van der Waals surface area contributed by atoms with Crippen molar-refractivity contribution in [2.45, 2.75) is 19.9 Å². The largest absolute Gasteiger partial charge is 0.354 e. The average Bonchev–Trinajstić information content (AvgIpc) is 3.47. The first kappa shape index (κ1) is 24.4. The van der Waals surface area contributed by atoms with Gasteiger partial charge < -0.3 is 10.6 Å². The molecular formula is C29H25FN4O2S. The van der Waals surface area contributed by atoms with Crippen molar-refractivity contribution in [2.24, 2.45) is 0 Å². The predicted molar refractivity (Wildman–Crippen MR) is 144 cm³/mol. The zero-order chi connectivity index (χ0) is 26.1. The van der Waals surface area contributed by atoms with E-state index >= 15 is 0 Å². The van der Waals surface area contributed by atoms with Gasteiger partial charge in [0, 0.05) is 24.4 Å². The Morgan fingerprint density at radius 1 is 1.00 bits per heavy atom. The van der Waals surface area contributed by atoms with Crippen LogP contribution >= 0.6 is 11.3 Å². The summed E-state index contributed by atoms with van der Waals surface area (Å²) in [6, 6.07) is 21.2. The van der Waals surface area contributed by atoms with Gasteiger partial charge in [0.2, 0.25) is 0 Å². The molecule has 6 nitrogen and oxygen atoms in total. The molecule has 0 radical (unpaired) electrons. The fraction of sp³-hybridized carbons (Fsp3) is 0.138. The van der Waals surface area contributed by atoms with Crippen LogP contribution in [-0.4, -0.2) is 28.2 Å². The molecular weight excluding hydrogens is 487 g/mol. The highest BCUT2D eigenvalue weighted by Gasteiger charge is 2.23. The van der Waals surface area contributed by atoms with Crippen LogP contribution in [0.25, 0.3) is 26.7 Å². The Labute approximate surface area is 217 Å². The Balaban J connectivity index is 1.51. The monoisotopic (exact) mass is 512 g/mol. The number of rotatable bonds is 6. The van der Waals surface area contributed by atoms with Gasteiger partial charge in [0.05, 0.1) is 10.9 Å². The Morgan fingerprint density at radius 3 is 2.43 bits per heavy atom. The Hall–Kier alpha value is -4.30. The van der Waals surface area contributed by atoms with Gasteiger partial charge >= 0.3 is 0 Å². The van der Waals surface area contributed by atoms with Gasteiger partial charge in [0.25, 0.3) is 11.8 Å². The van der Waals surface area contributed by atoms with Crippen molar-refractivity contribution >= 4 is 28.1 Å². The van der Waals surface area contributed by atoms with Gasteiger partial charge in [-0.05, 0) is 66.9 Å². The number of hydrogen-bond donors (Lipinski definition) is 2. The lowest BCUT2D eigenvalue weighted by Gasteiger charge is -2.15. The molecule has 0 aliphatic rings. The van der Waals surface area contributed by atoms with E-state index in [9.17, 15) is 14.0 Å². The minimum atomic E-state index is -0.355. The maximum atomic E-state index is 13.5. The summed E-state index contributed by atoms with van der Waals surface area (Å²) in [6.45, 7) is 3.94. The number of benzene rings is 3. The maximum absolute atomic E-state index is 13.5. The first-order valence-corrected chi connectivity index (χ1v) is 12.6. The van der Waals surface area contributed by atoms with E-state index in [0.717, 1.165) is 21.6 Å². The van der Waals surface area contributed by atoms with Gasteiger partial charge in [-0.15, -0.1) is 0 Å². The Bertz CT molecular complexity index is 1610. The maximum Gasteiger partial charge on any atom is 0.270 e. The molecule has 1 atom stereocenters. The second kappa shape index (κ2) is 9.99. The lowest BCUT2D eigenvalue weighted by Crippen LogP contribution is -2.26. The molecule has 0 unspecified atom stereocenters. The number of imidazole rings is 1. The number of nitrogens with one attached hydrogen (secondary N) is 2. The van der Waals surface area contributed by atoms with Gasteiger partial charge in [-0.1, -0.05) is 47.7 Å². The van der Waals surface area contributed by atoms with Crippen LogP contribution in [-0.2, 0) is 0 Å². The summed E-state index contributed by atoms with van der Waals surface area (Å²) >= 11 is 1.42. The number of aromatic nitrogens is 2. The molecule has 0 saturated carbocycles. The fourth-order valence-electron chi connectivity index (χ4n) is 4.25. The second-order valence-electron chi connectivity index (χ2n) is 8.78. The van der Waals surface area contributed by atoms with Crippen molar-refractivity contribution in [3.05, 3.63) is 107 Å². The van der Waals surface area contributed by atoms with Crippen molar-refractivity contribution in [3.63, 3.8) is 0 Å². The first-order valence-electron chi connectivity index (χ1n) is 11.8. The third kappa shape index (κ3) is 4.75. The molecule has 186 valence electrons. The van der Waals surface area contributed by atoms with Gasteiger partial charge in [-0.3, -0.25) is 14.0 Å². The van der Waals surface area contributed by atoms with Crippen LogP contribution in [0.1, 0.15) is 44.9 Å². The van der Waals surface area contributed by atoms with Crippen molar-refractivity contribution in [1.82, 2.24) is 20.0 Å². The van der Waals surface area contributed by atoms with E-state index in [2.05, 4.69) is 10.6 Å². The molecule has 37 heavy (non-hydrogen) atoms. The number of nitrogens with zero attached hydrogens (tertiary/aromatic N) is 2. The quantitative estimate of drug-likeness (QED) is 0.292. The normalized spacial score (nSPS) is 11.9. The standard InChI is InChI=1S/C29H25FN4O2S/c1-17-9-10-21(27(35)32-18(2)19-7-5-4-6-8-19)15-23(17)24-16-34-26(28(36)31-3)25(33-29(34)37-24)20-11-13-22(30)14-12-20/h4-16,18H,1-3H3,(H,31,36)(H,32,35)/t18-/m0/s1. The Morgan fingerprint density at radius 2 is 1.73 bits per heavy atom. The summed E-state index contributed by atoms with van der Waals surface area (Å²) in [5, 5.41) is 5.74. The van der Waals surface area contributed by atoms with E-state index in [-0.39, 0.29) is 23.7 Å². The molecule has 2 amide bonds. The van der Waals surface area contributed by atoms with Crippen LogP contribution < -0.4 is 10.6 Å². The third-order valence-corrected chi connectivity index (χ3v) is 7.31. The van der Waals surface area contributed by atoms with E-state index in [1.54, 1.807) is 23.6 Å². The number of amides is 2. The Kier molecular flexibility index (Phi) is 6.58. The molecule has 0 fully saturated rings. The molecule has 3 aromatic carbocycles. The number of halogens is 1. The van der Waals surface area contributed by atoms with E-state index in [0.29, 0.717) is 27.5 Å². The minimum Gasteiger partial charge on any atom is -0.354 e. The number of hydrogen-bond acceptors (Lipinski definition) is 4. The summed E-state index contributed by atoms with van der Waals surface area (Å²) in [6.07, 6.45) is 1.86. The minimum absolute atomic E-state index is 0.136. The summed E-state index contributed by atoms with van der Waals surface area (Å²) < 4.78 is 15.2. The van der Waals surface area contributed by atoms with E-state index < -0.39 is 0 Å². The molecule has 0 aliphatic heterocycles. The molecule has 2 N–H and O–H groups in total. The van der Waals surface area contributed by atoms with Gasteiger partial charge in [-0.2, -0.15) is 0 Å². The summed E-state index contributed by atoms with van der Waals surface area (Å²) in [4.78, 5) is 32.1. The van der Waals surface area contributed by atoms with Crippen LogP contribution in [0.3, 0.4) is 0 Å². The van der Waals surface area contributed by atoms with Crippen LogP contribution in [0.2, 0.25) is 0 Å². The van der Waals surface area contributed by atoms with Gasteiger partial charge in [0.1, 0.15) is 17.2 Å². The van der Waals surface area contributed by atoms with Crippen LogP contribution in [0.5, 0.6) is 0 Å². The highest BCUT2D eigenvalue weighted by atomic mass is 32.1. The van der Waals surface area contributed by atoms with E-state index in [1.165, 1.54) is 23.5 Å². The van der Waals surface area contributed by atoms with Crippen molar-refractivity contribution < 1.29 is 14.0 Å². The number of thiazole rings is 1.